The minimum atomic E-state index is -0.378. The Hall–Kier alpha value is -1.84. The van der Waals surface area contributed by atoms with Gasteiger partial charge in [-0.3, -0.25) is 9.59 Å². The van der Waals surface area contributed by atoms with E-state index in [0.717, 1.165) is 11.1 Å². The molecule has 4 heteroatoms. The maximum absolute atomic E-state index is 12.5. The predicted octanol–water partition coefficient (Wildman–Crippen LogP) is 2.18. The summed E-state index contributed by atoms with van der Waals surface area (Å²) in [5, 5.41) is 2.81. The highest BCUT2D eigenvalue weighted by atomic mass is 16.2. The van der Waals surface area contributed by atoms with Crippen LogP contribution in [0.2, 0.25) is 0 Å². The predicted molar refractivity (Wildman–Crippen MR) is 82.7 cm³/mol. The van der Waals surface area contributed by atoms with E-state index in [2.05, 4.69) is 37.4 Å². The summed E-state index contributed by atoms with van der Waals surface area (Å²) in [5.41, 5.74) is 3.43. The Morgan fingerprint density at radius 2 is 2.00 bits per heavy atom. The number of rotatable bonds is 4. The summed E-state index contributed by atoms with van der Waals surface area (Å²) < 4.78 is 0. The molecular weight excluding hydrogens is 264 g/mol. The smallest absolute Gasteiger partial charge is 0.245 e. The molecule has 1 heterocycles. The summed E-state index contributed by atoms with van der Waals surface area (Å²) in [4.78, 5) is 26.0. The van der Waals surface area contributed by atoms with Gasteiger partial charge in [-0.25, -0.2) is 0 Å². The normalized spacial score (nSPS) is 19.1. The van der Waals surface area contributed by atoms with Crippen LogP contribution in [0, 0.1) is 19.8 Å². The Morgan fingerprint density at radius 3 is 2.67 bits per heavy atom. The highest BCUT2D eigenvalue weighted by Crippen LogP contribution is 2.17. The molecule has 114 valence electrons. The molecule has 1 fully saturated rings. The second-order valence-corrected chi connectivity index (χ2v) is 6.37. The summed E-state index contributed by atoms with van der Waals surface area (Å²) in [7, 11) is 0. The Bertz CT molecular complexity index is 552. The molecule has 1 unspecified atom stereocenters. The standard InChI is InChI=1S/C17H24N2O2/c1-11(2)7-15-17(21)19(10-16(20)18-15)9-14-8-12(3)5-6-13(14)4/h5-6,8,11,15H,7,9-10H2,1-4H3,(H,18,20). The zero-order chi connectivity index (χ0) is 15.6. The molecule has 1 N–H and O–H groups in total. The lowest BCUT2D eigenvalue weighted by molar-refractivity contribution is -0.145. The Balaban J connectivity index is 2.16. The van der Waals surface area contributed by atoms with Crippen LogP contribution in [0.25, 0.3) is 0 Å². The third-order valence-corrected chi connectivity index (χ3v) is 3.85. The molecule has 0 saturated carbocycles. The van der Waals surface area contributed by atoms with Gasteiger partial charge >= 0.3 is 0 Å². The van der Waals surface area contributed by atoms with Crippen molar-refractivity contribution in [3.63, 3.8) is 0 Å². The Kier molecular flexibility index (Phi) is 4.66. The first-order chi connectivity index (χ1) is 9.86. The molecule has 2 rings (SSSR count). The van der Waals surface area contributed by atoms with E-state index >= 15 is 0 Å². The number of piperazine rings is 1. The van der Waals surface area contributed by atoms with Crippen molar-refractivity contribution in [2.24, 2.45) is 5.92 Å². The van der Waals surface area contributed by atoms with Crippen LogP contribution < -0.4 is 5.32 Å². The first-order valence-corrected chi connectivity index (χ1v) is 7.51. The van der Waals surface area contributed by atoms with E-state index in [-0.39, 0.29) is 24.4 Å². The van der Waals surface area contributed by atoms with Crippen LogP contribution in [0.1, 0.15) is 37.0 Å². The molecule has 0 aromatic heterocycles. The minimum absolute atomic E-state index is 0.0317. The quantitative estimate of drug-likeness (QED) is 0.923. The van der Waals surface area contributed by atoms with E-state index in [1.807, 2.05) is 13.8 Å². The van der Waals surface area contributed by atoms with Crippen molar-refractivity contribution in [3.05, 3.63) is 34.9 Å². The molecule has 0 bridgehead atoms. The van der Waals surface area contributed by atoms with Crippen molar-refractivity contribution in [1.82, 2.24) is 10.2 Å². The molecular formula is C17H24N2O2. The van der Waals surface area contributed by atoms with Gasteiger partial charge < -0.3 is 10.2 Å². The molecule has 4 nitrogen and oxygen atoms in total. The molecule has 1 saturated heterocycles. The number of hydrogen-bond donors (Lipinski definition) is 1. The van der Waals surface area contributed by atoms with Crippen molar-refractivity contribution in [3.8, 4) is 0 Å². The van der Waals surface area contributed by atoms with Crippen molar-refractivity contribution in [1.29, 1.82) is 0 Å². The molecule has 2 amide bonds. The fourth-order valence-electron chi connectivity index (χ4n) is 2.71. The number of amides is 2. The zero-order valence-corrected chi connectivity index (χ0v) is 13.3. The molecule has 1 aromatic carbocycles. The second-order valence-electron chi connectivity index (χ2n) is 6.37. The van der Waals surface area contributed by atoms with Crippen LogP contribution in [-0.2, 0) is 16.1 Å². The topological polar surface area (TPSA) is 49.4 Å². The average molecular weight is 288 g/mol. The SMILES string of the molecule is Cc1ccc(C)c(CN2CC(=O)NC(CC(C)C)C2=O)c1. The van der Waals surface area contributed by atoms with E-state index in [1.54, 1.807) is 4.90 Å². The fourth-order valence-corrected chi connectivity index (χ4v) is 2.71. The van der Waals surface area contributed by atoms with Gasteiger partial charge in [0.25, 0.3) is 0 Å². The van der Waals surface area contributed by atoms with Crippen LogP contribution >= 0.6 is 0 Å². The van der Waals surface area contributed by atoms with Crippen LogP contribution in [0.5, 0.6) is 0 Å². The summed E-state index contributed by atoms with van der Waals surface area (Å²) in [6.45, 7) is 8.85. The lowest BCUT2D eigenvalue weighted by Gasteiger charge is -2.33. The molecule has 0 spiro atoms. The van der Waals surface area contributed by atoms with Gasteiger partial charge in [0, 0.05) is 6.54 Å². The second kappa shape index (κ2) is 6.29. The van der Waals surface area contributed by atoms with E-state index in [9.17, 15) is 9.59 Å². The van der Waals surface area contributed by atoms with Gasteiger partial charge in [-0.05, 0) is 37.3 Å². The first-order valence-electron chi connectivity index (χ1n) is 7.51. The number of benzene rings is 1. The van der Waals surface area contributed by atoms with Gasteiger partial charge in [0.2, 0.25) is 11.8 Å². The van der Waals surface area contributed by atoms with Crippen molar-refractivity contribution in [2.75, 3.05) is 6.54 Å². The Labute approximate surface area is 126 Å². The molecule has 1 aliphatic rings. The van der Waals surface area contributed by atoms with Gasteiger partial charge in [-0.2, -0.15) is 0 Å². The Morgan fingerprint density at radius 1 is 1.29 bits per heavy atom. The summed E-state index contributed by atoms with van der Waals surface area (Å²) in [5.74, 6) is 0.342. The van der Waals surface area contributed by atoms with Crippen molar-refractivity contribution < 1.29 is 9.59 Å². The number of carbonyl (C=O) groups excluding carboxylic acids is 2. The van der Waals surface area contributed by atoms with Crippen LogP contribution in [0.4, 0.5) is 0 Å². The third-order valence-electron chi connectivity index (χ3n) is 3.85. The van der Waals surface area contributed by atoms with E-state index in [4.69, 9.17) is 0 Å². The van der Waals surface area contributed by atoms with Gasteiger partial charge in [0.05, 0.1) is 6.54 Å². The first kappa shape index (κ1) is 15.5. The minimum Gasteiger partial charge on any atom is -0.343 e. The lowest BCUT2D eigenvalue weighted by Crippen LogP contribution is -2.57. The number of aryl methyl sites for hydroxylation is 2. The third kappa shape index (κ3) is 3.84. The molecule has 1 aromatic rings. The van der Waals surface area contributed by atoms with E-state index in [1.165, 1.54) is 5.56 Å². The van der Waals surface area contributed by atoms with E-state index in [0.29, 0.717) is 18.9 Å². The highest BCUT2D eigenvalue weighted by molar-refractivity contribution is 5.94. The van der Waals surface area contributed by atoms with Crippen molar-refractivity contribution >= 4 is 11.8 Å². The van der Waals surface area contributed by atoms with Crippen molar-refractivity contribution in [2.45, 2.75) is 46.7 Å². The van der Waals surface area contributed by atoms with Crippen LogP contribution in [0.15, 0.2) is 18.2 Å². The molecule has 0 aliphatic carbocycles. The maximum atomic E-state index is 12.5. The van der Waals surface area contributed by atoms with E-state index < -0.39 is 0 Å². The number of carbonyl (C=O) groups is 2. The average Bonchev–Trinajstić information content (AvgIpc) is 2.38. The van der Waals surface area contributed by atoms with Gasteiger partial charge in [-0.1, -0.05) is 37.6 Å². The maximum Gasteiger partial charge on any atom is 0.245 e. The number of nitrogens with zero attached hydrogens (tertiary/aromatic N) is 1. The summed E-state index contributed by atoms with van der Waals surface area (Å²) in [6.07, 6.45) is 0.688. The molecule has 1 atom stereocenters. The van der Waals surface area contributed by atoms with Gasteiger partial charge in [-0.15, -0.1) is 0 Å². The monoisotopic (exact) mass is 288 g/mol. The summed E-state index contributed by atoms with van der Waals surface area (Å²) in [6, 6.07) is 5.83. The number of hydrogen-bond acceptors (Lipinski definition) is 2. The lowest BCUT2D eigenvalue weighted by atomic mass is 9.99. The van der Waals surface area contributed by atoms with Crippen LogP contribution in [-0.4, -0.2) is 29.3 Å². The zero-order valence-electron chi connectivity index (χ0n) is 13.3. The highest BCUT2D eigenvalue weighted by Gasteiger charge is 2.32. The molecule has 21 heavy (non-hydrogen) atoms. The van der Waals surface area contributed by atoms with Gasteiger partial charge in [0.1, 0.15) is 6.04 Å². The number of nitrogens with one attached hydrogen (secondary N) is 1. The largest absolute Gasteiger partial charge is 0.343 e. The summed E-state index contributed by atoms with van der Waals surface area (Å²) >= 11 is 0. The fraction of sp³-hybridized carbons (Fsp3) is 0.529. The van der Waals surface area contributed by atoms with Crippen LogP contribution in [0.3, 0.4) is 0 Å². The molecule has 1 aliphatic heterocycles. The van der Waals surface area contributed by atoms with Gasteiger partial charge in [0.15, 0.2) is 0 Å². The molecule has 0 radical (unpaired) electrons.